The van der Waals surface area contributed by atoms with Crippen molar-refractivity contribution < 1.29 is 18.1 Å². The molecule has 0 heterocycles. The van der Waals surface area contributed by atoms with Crippen LogP contribution in [0.4, 0.5) is 0 Å². The van der Waals surface area contributed by atoms with E-state index in [1.54, 1.807) is 6.08 Å². The third kappa shape index (κ3) is 7.10. The van der Waals surface area contributed by atoms with E-state index in [1.165, 1.54) is 0 Å². The summed E-state index contributed by atoms with van der Waals surface area (Å²) >= 11 is 0. The molecule has 0 saturated heterocycles. The number of phosphoric acid groups is 1. The fourth-order valence-corrected chi connectivity index (χ4v) is 3.11. The van der Waals surface area contributed by atoms with Crippen molar-refractivity contribution >= 4 is 7.82 Å². The highest BCUT2D eigenvalue weighted by Gasteiger charge is 2.29. The minimum absolute atomic E-state index is 0.123. The summed E-state index contributed by atoms with van der Waals surface area (Å²) < 4.78 is 29.4. The van der Waals surface area contributed by atoms with Crippen LogP contribution < -0.4 is 0 Å². The molecule has 2 rings (SSSR count). The highest BCUT2D eigenvalue weighted by molar-refractivity contribution is 7.48. The maximum absolute atomic E-state index is 13.0. The van der Waals surface area contributed by atoms with Gasteiger partial charge in [-0.15, -0.1) is 0 Å². The first kappa shape index (κ1) is 19.2. The zero-order chi connectivity index (χ0) is 18.0. The molecule has 2 aromatic rings. The third-order valence-corrected chi connectivity index (χ3v) is 4.58. The van der Waals surface area contributed by atoms with Crippen LogP contribution in [0.2, 0.25) is 0 Å². The van der Waals surface area contributed by atoms with Crippen LogP contribution in [0.5, 0.6) is 0 Å². The molecule has 4 nitrogen and oxygen atoms in total. The molecule has 0 N–H and O–H groups in total. The molecule has 0 aliphatic rings. The molecule has 132 valence electrons. The van der Waals surface area contributed by atoms with E-state index in [0.717, 1.165) is 17.5 Å². The average Bonchev–Trinajstić information content (AvgIpc) is 2.65. The Kier molecular flexibility index (Phi) is 7.68. The lowest BCUT2D eigenvalue weighted by Gasteiger charge is -2.19. The first-order valence-electron chi connectivity index (χ1n) is 8.13. The van der Waals surface area contributed by atoms with E-state index in [4.69, 9.17) is 13.6 Å². The van der Waals surface area contributed by atoms with E-state index >= 15 is 0 Å². The van der Waals surface area contributed by atoms with Gasteiger partial charge in [0.05, 0.1) is 13.2 Å². The number of hydrogen-bond donors (Lipinski definition) is 0. The number of allylic oxidation sites excluding steroid dienone is 2. The summed E-state index contributed by atoms with van der Waals surface area (Å²) in [6.07, 6.45) is 4.34. The molecule has 0 bridgehead atoms. The summed E-state index contributed by atoms with van der Waals surface area (Å²) in [4.78, 5) is 0. The molecule has 0 radical (unpaired) electrons. The standard InChI is InChI=1S/C20H23O4P/c1-3-4-11-18(2)24-25(21,22-16-19-12-7-5-8-13-19)23-17-20-14-9-6-10-15-20/h4-15H,2-3,16-17H2,1H3/b11-4-. The highest BCUT2D eigenvalue weighted by atomic mass is 31.2. The fraction of sp³-hybridized carbons (Fsp3) is 0.200. The molecule has 2 aromatic carbocycles. The van der Waals surface area contributed by atoms with Gasteiger partial charge in [-0.3, -0.25) is 9.05 Å². The number of benzene rings is 2. The summed E-state index contributed by atoms with van der Waals surface area (Å²) in [6.45, 7) is 5.98. The van der Waals surface area contributed by atoms with Crippen molar-refractivity contribution in [2.75, 3.05) is 0 Å². The van der Waals surface area contributed by atoms with Gasteiger partial charge in [-0.2, -0.15) is 0 Å². The van der Waals surface area contributed by atoms with Gasteiger partial charge < -0.3 is 4.52 Å². The number of rotatable bonds is 10. The Balaban J connectivity index is 2.04. The van der Waals surface area contributed by atoms with E-state index in [1.807, 2.05) is 73.7 Å². The van der Waals surface area contributed by atoms with Crippen molar-refractivity contribution in [2.24, 2.45) is 0 Å². The van der Waals surface area contributed by atoms with Crippen LogP contribution in [0, 0.1) is 0 Å². The van der Waals surface area contributed by atoms with E-state index in [9.17, 15) is 4.57 Å². The zero-order valence-electron chi connectivity index (χ0n) is 14.3. The van der Waals surface area contributed by atoms with Crippen molar-refractivity contribution in [3.63, 3.8) is 0 Å². The molecular weight excluding hydrogens is 335 g/mol. The van der Waals surface area contributed by atoms with Gasteiger partial charge in [-0.25, -0.2) is 4.57 Å². The van der Waals surface area contributed by atoms with Crippen molar-refractivity contribution in [2.45, 2.75) is 26.6 Å². The molecule has 5 heteroatoms. The van der Waals surface area contributed by atoms with E-state index < -0.39 is 7.82 Å². The number of hydrogen-bond acceptors (Lipinski definition) is 4. The van der Waals surface area contributed by atoms with Crippen molar-refractivity contribution in [1.82, 2.24) is 0 Å². The molecule has 0 aliphatic heterocycles. The van der Waals surface area contributed by atoms with Crippen LogP contribution in [0.1, 0.15) is 24.5 Å². The van der Waals surface area contributed by atoms with Crippen LogP contribution >= 0.6 is 7.82 Å². The smallest absolute Gasteiger partial charge is 0.405 e. The molecule has 0 unspecified atom stereocenters. The summed E-state index contributed by atoms with van der Waals surface area (Å²) in [7, 11) is -3.80. The van der Waals surface area contributed by atoms with Crippen LogP contribution in [-0.4, -0.2) is 0 Å². The molecule has 0 aliphatic carbocycles. The monoisotopic (exact) mass is 358 g/mol. The topological polar surface area (TPSA) is 44.8 Å². The fourth-order valence-electron chi connectivity index (χ4n) is 1.97. The summed E-state index contributed by atoms with van der Waals surface area (Å²) in [5, 5.41) is 0. The summed E-state index contributed by atoms with van der Waals surface area (Å²) in [6, 6.07) is 18.9. The first-order valence-corrected chi connectivity index (χ1v) is 9.59. The Morgan fingerprint density at radius 1 is 0.960 bits per heavy atom. The summed E-state index contributed by atoms with van der Waals surface area (Å²) in [5.74, 6) is 0.242. The molecule has 0 saturated carbocycles. The van der Waals surface area contributed by atoms with E-state index in [2.05, 4.69) is 6.58 Å². The summed E-state index contributed by atoms with van der Waals surface area (Å²) in [5.41, 5.74) is 1.76. The molecule has 0 atom stereocenters. The normalized spacial score (nSPS) is 11.6. The lowest BCUT2D eigenvalue weighted by atomic mass is 10.2. The molecule has 0 spiro atoms. The second-order valence-corrected chi connectivity index (χ2v) is 6.93. The Hall–Kier alpha value is -2.13. The first-order chi connectivity index (χ1) is 12.1. The van der Waals surface area contributed by atoms with Crippen molar-refractivity contribution in [1.29, 1.82) is 0 Å². The SMILES string of the molecule is C=C(/C=C\CC)OP(=O)(OCc1ccccc1)OCc1ccccc1. The molecule has 25 heavy (non-hydrogen) atoms. The van der Waals surface area contributed by atoms with Gasteiger partial charge in [0.1, 0.15) is 5.76 Å². The maximum Gasteiger partial charge on any atom is 0.530 e. The van der Waals surface area contributed by atoms with Gasteiger partial charge >= 0.3 is 7.82 Å². The molecule has 0 fully saturated rings. The Morgan fingerprint density at radius 3 is 1.88 bits per heavy atom. The Morgan fingerprint density at radius 2 is 1.44 bits per heavy atom. The van der Waals surface area contributed by atoms with Crippen molar-refractivity contribution in [3.05, 3.63) is 96.3 Å². The lowest BCUT2D eigenvalue weighted by molar-refractivity contribution is 0.126. The second kappa shape index (κ2) is 10.00. The highest BCUT2D eigenvalue weighted by Crippen LogP contribution is 2.52. The molecule has 0 aromatic heterocycles. The average molecular weight is 358 g/mol. The molecule has 0 amide bonds. The van der Waals surface area contributed by atoms with Crippen LogP contribution in [-0.2, 0) is 31.4 Å². The lowest BCUT2D eigenvalue weighted by Crippen LogP contribution is -2.01. The van der Waals surface area contributed by atoms with Gasteiger partial charge in [0.2, 0.25) is 0 Å². The predicted molar refractivity (Wildman–Crippen MR) is 99.7 cm³/mol. The van der Waals surface area contributed by atoms with Gasteiger partial charge in [0.25, 0.3) is 0 Å². The zero-order valence-corrected chi connectivity index (χ0v) is 15.2. The largest absolute Gasteiger partial charge is 0.530 e. The van der Waals surface area contributed by atoms with E-state index in [-0.39, 0.29) is 19.0 Å². The van der Waals surface area contributed by atoms with Gasteiger partial charge in [0.15, 0.2) is 0 Å². The number of phosphoric ester groups is 1. The van der Waals surface area contributed by atoms with Gasteiger partial charge in [-0.05, 0) is 23.6 Å². The minimum Gasteiger partial charge on any atom is -0.405 e. The predicted octanol–water partition coefficient (Wildman–Crippen LogP) is 6.02. The Labute approximate surface area is 149 Å². The van der Waals surface area contributed by atoms with Crippen LogP contribution in [0.25, 0.3) is 0 Å². The maximum atomic E-state index is 13.0. The Bertz CT molecular complexity index is 678. The van der Waals surface area contributed by atoms with Gasteiger partial charge in [-0.1, -0.05) is 80.2 Å². The minimum atomic E-state index is -3.80. The second-order valence-electron chi connectivity index (χ2n) is 5.33. The molecular formula is C20H23O4P. The van der Waals surface area contributed by atoms with Crippen molar-refractivity contribution in [3.8, 4) is 0 Å². The van der Waals surface area contributed by atoms with Crippen LogP contribution in [0.3, 0.4) is 0 Å². The quantitative estimate of drug-likeness (QED) is 0.296. The van der Waals surface area contributed by atoms with Crippen LogP contribution in [0.15, 0.2) is 85.2 Å². The van der Waals surface area contributed by atoms with E-state index in [0.29, 0.717) is 0 Å². The van der Waals surface area contributed by atoms with Gasteiger partial charge in [0, 0.05) is 0 Å². The third-order valence-electron chi connectivity index (χ3n) is 3.23.